The van der Waals surface area contributed by atoms with Gasteiger partial charge in [-0.2, -0.15) is 0 Å². The third-order valence-corrected chi connectivity index (χ3v) is 3.22. The topological polar surface area (TPSA) is 35.5 Å². The maximum atomic E-state index is 9.71. The molecule has 0 spiro atoms. The van der Waals surface area contributed by atoms with Crippen LogP contribution in [0, 0.1) is 0 Å². The third kappa shape index (κ3) is 4.49. The van der Waals surface area contributed by atoms with Crippen LogP contribution in [0.4, 0.5) is 0 Å². The molecule has 1 heterocycles. The number of hydrogen-bond donors (Lipinski definition) is 2. The first kappa shape index (κ1) is 13.5. The summed E-state index contributed by atoms with van der Waals surface area (Å²) in [5.41, 5.74) is 0. The summed E-state index contributed by atoms with van der Waals surface area (Å²) >= 11 is 5.10. The van der Waals surface area contributed by atoms with Crippen LogP contribution in [0.25, 0.3) is 0 Å². The van der Waals surface area contributed by atoms with Gasteiger partial charge in [-0.15, -0.1) is 0 Å². The Kier molecular flexibility index (Phi) is 5.77. The van der Waals surface area contributed by atoms with Crippen molar-refractivity contribution >= 4 is 17.3 Å². The van der Waals surface area contributed by atoms with E-state index >= 15 is 0 Å². The minimum absolute atomic E-state index is 0.248. The molecule has 0 aliphatic carbocycles. The summed E-state index contributed by atoms with van der Waals surface area (Å²) < 4.78 is 0. The molecule has 0 saturated carbocycles. The molecule has 4 heteroatoms. The predicted molar refractivity (Wildman–Crippen MR) is 71.4 cm³/mol. The highest BCUT2D eigenvalue weighted by Gasteiger charge is 2.19. The number of nitrogens with zero attached hydrogens (tertiary/aromatic N) is 1. The van der Waals surface area contributed by atoms with Crippen LogP contribution < -0.4 is 5.32 Å². The first-order valence-electron chi connectivity index (χ1n) is 6.01. The van der Waals surface area contributed by atoms with E-state index in [2.05, 4.69) is 12.2 Å². The van der Waals surface area contributed by atoms with E-state index in [4.69, 9.17) is 12.2 Å². The SMILES string of the molecule is CCCCCC(O)C=CC1CN(C)C(=S)N1. The summed E-state index contributed by atoms with van der Waals surface area (Å²) in [5.74, 6) is 0. The van der Waals surface area contributed by atoms with E-state index in [0.29, 0.717) is 0 Å². The lowest BCUT2D eigenvalue weighted by Crippen LogP contribution is -2.25. The minimum atomic E-state index is -0.312. The van der Waals surface area contributed by atoms with Gasteiger partial charge in [0.2, 0.25) is 0 Å². The first-order chi connectivity index (χ1) is 7.63. The van der Waals surface area contributed by atoms with Gasteiger partial charge in [0.1, 0.15) is 0 Å². The van der Waals surface area contributed by atoms with Crippen molar-refractivity contribution in [2.24, 2.45) is 0 Å². The number of rotatable bonds is 6. The molecular weight excluding hydrogens is 220 g/mol. The summed E-state index contributed by atoms with van der Waals surface area (Å²) in [4.78, 5) is 2.01. The normalized spacial score (nSPS) is 22.8. The lowest BCUT2D eigenvalue weighted by Gasteiger charge is -2.07. The van der Waals surface area contributed by atoms with Crippen molar-refractivity contribution in [3.8, 4) is 0 Å². The summed E-state index contributed by atoms with van der Waals surface area (Å²) in [7, 11) is 1.97. The van der Waals surface area contributed by atoms with Gasteiger partial charge in [0, 0.05) is 13.6 Å². The minimum Gasteiger partial charge on any atom is -0.389 e. The van der Waals surface area contributed by atoms with E-state index in [0.717, 1.165) is 24.5 Å². The van der Waals surface area contributed by atoms with E-state index in [-0.39, 0.29) is 12.1 Å². The van der Waals surface area contributed by atoms with Crippen molar-refractivity contribution in [3.63, 3.8) is 0 Å². The fourth-order valence-electron chi connectivity index (χ4n) is 1.76. The molecule has 0 aromatic carbocycles. The average molecular weight is 242 g/mol. The molecule has 2 atom stereocenters. The standard InChI is InChI=1S/C12H22N2OS/c1-3-4-5-6-11(15)8-7-10-9-14(2)12(16)13-10/h7-8,10-11,15H,3-6,9H2,1-2H3,(H,13,16). The quantitative estimate of drug-likeness (QED) is 0.422. The zero-order chi connectivity index (χ0) is 12.0. The van der Waals surface area contributed by atoms with Gasteiger partial charge < -0.3 is 15.3 Å². The molecular formula is C12H22N2OS. The second-order valence-electron chi connectivity index (χ2n) is 4.38. The average Bonchev–Trinajstić information content (AvgIpc) is 2.56. The molecule has 1 aliphatic rings. The van der Waals surface area contributed by atoms with Gasteiger partial charge in [-0.1, -0.05) is 38.3 Å². The van der Waals surface area contributed by atoms with E-state index < -0.39 is 0 Å². The monoisotopic (exact) mass is 242 g/mol. The zero-order valence-corrected chi connectivity index (χ0v) is 11.0. The number of nitrogens with one attached hydrogen (secondary N) is 1. The molecule has 1 rings (SSSR count). The highest BCUT2D eigenvalue weighted by atomic mass is 32.1. The van der Waals surface area contributed by atoms with E-state index in [1.165, 1.54) is 12.8 Å². The molecule has 0 radical (unpaired) electrons. The van der Waals surface area contributed by atoms with Crippen LogP contribution in [-0.2, 0) is 0 Å². The second kappa shape index (κ2) is 6.86. The Hall–Kier alpha value is -0.610. The van der Waals surface area contributed by atoms with Crippen molar-refractivity contribution in [1.29, 1.82) is 0 Å². The van der Waals surface area contributed by atoms with Crippen LogP contribution in [0.15, 0.2) is 12.2 Å². The molecule has 0 aromatic heterocycles. The lowest BCUT2D eigenvalue weighted by molar-refractivity contribution is 0.208. The Bertz CT molecular complexity index is 255. The van der Waals surface area contributed by atoms with Crippen LogP contribution in [0.3, 0.4) is 0 Å². The Morgan fingerprint density at radius 3 is 2.94 bits per heavy atom. The molecule has 2 N–H and O–H groups in total. The molecule has 92 valence electrons. The summed E-state index contributed by atoms with van der Waals surface area (Å²) in [6.07, 6.45) is 7.93. The van der Waals surface area contributed by atoms with Gasteiger partial charge >= 0.3 is 0 Å². The Morgan fingerprint density at radius 2 is 2.38 bits per heavy atom. The van der Waals surface area contributed by atoms with Gasteiger partial charge in [-0.05, 0) is 18.6 Å². The first-order valence-corrected chi connectivity index (χ1v) is 6.42. The van der Waals surface area contributed by atoms with Gasteiger partial charge in [-0.3, -0.25) is 0 Å². The van der Waals surface area contributed by atoms with Gasteiger partial charge in [0.25, 0.3) is 0 Å². The number of unbranched alkanes of at least 4 members (excludes halogenated alkanes) is 2. The second-order valence-corrected chi connectivity index (χ2v) is 4.77. The molecule has 1 fully saturated rings. The molecule has 16 heavy (non-hydrogen) atoms. The highest BCUT2D eigenvalue weighted by Crippen LogP contribution is 2.07. The van der Waals surface area contributed by atoms with Crippen molar-refractivity contribution < 1.29 is 5.11 Å². The fourth-order valence-corrected chi connectivity index (χ4v) is 1.99. The maximum Gasteiger partial charge on any atom is 0.169 e. The van der Waals surface area contributed by atoms with Crippen molar-refractivity contribution in [2.45, 2.75) is 44.8 Å². The van der Waals surface area contributed by atoms with Crippen molar-refractivity contribution in [2.75, 3.05) is 13.6 Å². The van der Waals surface area contributed by atoms with Crippen LogP contribution in [0.5, 0.6) is 0 Å². The van der Waals surface area contributed by atoms with Gasteiger partial charge in [-0.25, -0.2) is 0 Å². The Balaban J connectivity index is 2.23. The van der Waals surface area contributed by atoms with E-state index in [9.17, 15) is 5.11 Å². The molecule has 1 aliphatic heterocycles. The summed E-state index contributed by atoms with van der Waals surface area (Å²) in [6, 6.07) is 0.248. The number of likely N-dealkylation sites (N-methyl/N-ethyl adjacent to an activating group) is 1. The summed E-state index contributed by atoms with van der Waals surface area (Å²) in [6.45, 7) is 3.05. The molecule has 2 unspecified atom stereocenters. The molecule has 1 saturated heterocycles. The lowest BCUT2D eigenvalue weighted by atomic mass is 10.1. The Labute approximate surface area is 104 Å². The van der Waals surface area contributed by atoms with Crippen molar-refractivity contribution in [1.82, 2.24) is 10.2 Å². The maximum absolute atomic E-state index is 9.71. The molecule has 0 aromatic rings. The van der Waals surface area contributed by atoms with Gasteiger partial charge in [0.15, 0.2) is 5.11 Å². The summed E-state index contributed by atoms with van der Waals surface area (Å²) in [5, 5.41) is 13.7. The smallest absolute Gasteiger partial charge is 0.169 e. The molecule has 3 nitrogen and oxygen atoms in total. The third-order valence-electron chi connectivity index (χ3n) is 2.80. The van der Waals surface area contributed by atoms with Crippen LogP contribution in [0.1, 0.15) is 32.6 Å². The molecule has 0 bridgehead atoms. The van der Waals surface area contributed by atoms with Gasteiger partial charge in [0.05, 0.1) is 12.1 Å². The van der Waals surface area contributed by atoms with E-state index in [1.54, 1.807) is 0 Å². The zero-order valence-electron chi connectivity index (χ0n) is 10.1. The van der Waals surface area contributed by atoms with Crippen molar-refractivity contribution in [3.05, 3.63) is 12.2 Å². The number of hydrogen-bond acceptors (Lipinski definition) is 2. The number of aliphatic hydroxyl groups is 1. The van der Waals surface area contributed by atoms with E-state index in [1.807, 2.05) is 24.1 Å². The largest absolute Gasteiger partial charge is 0.389 e. The highest BCUT2D eigenvalue weighted by molar-refractivity contribution is 7.80. The number of aliphatic hydroxyl groups excluding tert-OH is 1. The van der Waals surface area contributed by atoms with Crippen LogP contribution in [-0.4, -0.2) is 40.9 Å². The Morgan fingerprint density at radius 1 is 1.62 bits per heavy atom. The number of thiocarbonyl (C=S) groups is 1. The van der Waals surface area contributed by atoms with Crippen LogP contribution >= 0.6 is 12.2 Å². The molecule has 0 amide bonds. The van der Waals surface area contributed by atoms with Crippen LogP contribution in [0.2, 0.25) is 0 Å². The predicted octanol–water partition coefficient (Wildman–Crippen LogP) is 1.67. The fraction of sp³-hybridized carbons (Fsp3) is 0.750.